The SMILES string of the molecule is CCCCCCCCCCc1cc(Br)c(Cc2cc3sc(C(O)c4sc(-c5ccc([Si](C)(C)C(C)(C)C)s5)cc4Br)cc3s2)s1. The van der Waals surface area contributed by atoms with Gasteiger partial charge in [0, 0.05) is 54.0 Å². The van der Waals surface area contributed by atoms with E-state index in [-0.39, 0.29) is 0 Å². The summed E-state index contributed by atoms with van der Waals surface area (Å²) in [5.74, 6) is 0. The maximum Gasteiger partial charge on any atom is 0.124 e. The van der Waals surface area contributed by atoms with Gasteiger partial charge in [-0.25, -0.2) is 0 Å². The van der Waals surface area contributed by atoms with Gasteiger partial charge in [0.1, 0.15) is 6.10 Å². The Bertz CT molecular complexity index is 1660. The highest BCUT2D eigenvalue weighted by Crippen LogP contribution is 2.46. The van der Waals surface area contributed by atoms with Crippen LogP contribution in [0, 0.1) is 0 Å². The van der Waals surface area contributed by atoms with Crippen molar-refractivity contribution in [2.45, 2.75) is 116 Å². The number of aliphatic hydroxyl groups excluding tert-OH is 1. The molecule has 5 rings (SSSR count). The molecule has 244 valence electrons. The Kier molecular flexibility index (Phi) is 12.6. The van der Waals surface area contributed by atoms with Gasteiger partial charge in [-0.05, 0) is 84.6 Å². The number of hydrogen-bond acceptors (Lipinski definition) is 6. The molecular weight excluding hydrogens is 797 g/mol. The lowest BCUT2D eigenvalue weighted by Gasteiger charge is -2.35. The van der Waals surface area contributed by atoms with Crippen molar-refractivity contribution < 1.29 is 5.11 Å². The number of thiophene rings is 5. The van der Waals surface area contributed by atoms with Crippen LogP contribution in [0.3, 0.4) is 0 Å². The molecule has 0 aliphatic heterocycles. The molecule has 9 heteroatoms. The van der Waals surface area contributed by atoms with Crippen molar-refractivity contribution in [3.8, 4) is 9.75 Å². The first-order valence-electron chi connectivity index (χ1n) is 16.2. The molecule has 0 bridgehead atoms. The molecule has 1 N–H and O–H groups in total. The van der Waals surface area contributed by atoms with E-state index in [2.05, 4.69) is 109 Å². The maximum absolute atomic E-state index is 11.5. The molecular formula is C36H46Br2OS5Si. The third kappa shape index (κ3) is 8.74. The first-order chi connectivity index (χ1) is 21.4. The van der Waals surface area contributed by atoms with E-state index in [0.717, 1.165) is 20.6 Å². The van der Waals surface area contributed by atoms with Crippen LogP contribution in [0.1, 0.15) is 110 Å². The van der Waals surface area contributed by atoms with E-state index in [0.29, 0.717) is 5.04 Å². The van der Waals surface area contributed by atoms with Crippen LogP contribution in [0.4, 0.5) is 0 Å². The summed E-state index contributed by atoms with van der Waals surface area (Å²) in [5.41, 5.74) is 0. The van der Waals surface area contributed by atoms with Crippen molar-refractivity contribution >= 4 is 111 Å². The summed E-state index contributed by atoms with van der Waals surface area (Å²) in [6.45, 7) is 14.4. The molecule has 0 aliphatic carbocycles. The molecule has 0 saturated heterocycles. The summed E-state index contributed by atoms with van der Waals surface area (Å²) in [4.78, 5) is 8.88. The quantitative estimate of drug-likeness (QED) is 0.0822. The summed E-state index contributed by atoms with van der Waals surface area (Å²) in [6, 6.07) is 13.7. The molecule has 0 radical (unpaired) electrons. The standard InChI is InChI=1S/C36H46Br2OS5Si/c1-7-8-9-10-11-12-13-14-15-23-18-25(37)28(40-23)19-24-20-29-31(41-24)22-32(42-29)34(39)35-26(38)21-30(44-35)27-16-17-33(43-27)45(5,6)36(2,3)4/h16-18,20-22,34,39H,7-15,19H2,1-6H3. The molecule has 0 saturated carbocycles. The summed E-state index contributed by atoms with van der Waals surface area (Å²) >= 11 is 16.9. The van der Waals surface area contributed by atoms with Gasteiger partial charge in [-0.1, -0.05) is 91.8 Å². The van der Waals surface area contributed by atoms with E-state index in [9.17, 15) is 5.11 Å². The minimum Gasteiger partial charge on any atom is -0.382 e. The smallest absolute Gasteiger partial charge is 0.124 e. The van der Waals surface area contributed by atoms with Crippen LogP contribution in [0.2, 0.25) is 18.1 Å². The van der Waals surface area contributed by atoms with Gasteiger partial charge >= 0.3 is 0 Å². The van der Waals surface area contributed by atoms with E-state index < -0.39 is 14.2 Å². The zero-order valence-electron chi connectivity index (χ0n) is 27.4. The molecule has 5 aromatic rings. The van der Waals surface area contributed by atoms with E-state index in [4.69, 9.17) is 0 Å². The average Bonchev–Trinajstić information content (AvgIpc) is 3.79. The summed E-state index contributed by atoms with van der Waals surface area (Å²) in [5, 5.41) is 11.8. The summed E-state index contributed by atoms with van der Waals surface area (Å²) in [6.07, 6.45) is 12.5. The van der Waals surface area contributed by atoms with E-state index in [1.165, 1.54) is 96.0 Å². The predicted molar refractivity (Wildman–Crippen MR) is 217 cm³/mol. The largest absolute Gasteiger partial charge is 0.382 e. The number of fused-ring (bicyclic) bond motifs is 1. The second-order valence-electron chi connectivity index (χ2n) is 13.7. The Morgan fingerprint density at radius 1 is 0.733 bits per heavy atom. The van der Waals surface area contributed by atoms with Crippen molar-refractivity contribution in [1.82, 2.24) is 0 Å². The molecule has 0 aromatic carbocycles. The maximum atomic E-state index is 11.5. The lowest BCUT2D eigenvalue weighted by molar-refractivity contribution is 0.227. The monoisotopic (exact) mass is 840 g/mol. The molecule has 0 fully saturated rings. The van der Waals surface area contributed by atoms with Gasteiger partial charge in [0.05, 0.1) is 13.0 Å². The van der Waals surface area contributed by atoms with Crippen molar-refractivity contribution in [3.05, 3.63) is 69.7 Å². The highest BCUT2D eigenvalue weighted by molar-refractivity contribution is 9.11. The molecule has 5 heterocycles. The van der Waals surface area contributed by atoms with Gasteiger partial charge in [0.2, 0.25) is 0 Å². The highest BCUT2D eigenvalue weighted by Gasteiger charge is 2.38. The zero-order valence-corrected chi connectivity index (χ0v) is 35.6. The van der Waals surface area contributed by atoms with Crippen LogP contribution in [-0.2, 0) is 12.8 Å². The van der Waals surface area contributed by atoms with Crippen LogP contribution >= 0.6 is 88.5 Å². The van der Waals surface area contributed by atoms with Crippen molar-refractivity contribution in [2.75, 3.05) is 0 Å². The Morgan fingerprint density at radius 2 is 1.42 bits per heavy atom. The topological polar surface area (TPSA) is 20.2 Å². The van der Waals surface area contributed by atoms with Gasteiger partial charge in [0.25, 0.3) is 0 Å². The fourth-order valence-corrected chi connectivity index (χ4v) is 16.2. The van der Waals surface area contributed by atoms with Crippen molar-refractivity contribution in [2.24, 2.45) is 0 Å². The Balaban J connectivity index is 1.20. The number of hydrogen-bond donors (Lipinski definition) is 1. The average molecular weight is 843 g/mol. The molecule has 1 nitrogen and oxygen atoms in total. The molecule has 1 unspecified atom stereocenters. The Labute approximate surface area is 308 Å². The van der Waals surface area contributed by atoms with Crippen LogP contribution in [0.15, 0.2) is 45.3 Å². The number of unbranched alkanes of at least 4 members (excludes halogenated alkanes) is 7. The molecule has 45 heavy (non-hydrogen) atoms. The van der Waals surface area contributed by atoms with Crippen molar-refractivity contribution in [3.63, 3.8) is 0 Å². The highest BCUT2D eigenvalue weighted by atomic mass is 79.9. The minimum absolute atomic E-state index is 0.314. The second kappa shape index (κ2) is 15.6. The van der Waals surface area contributed by atoms with E-state index >= 15 is 0 Å². The molecule has 5 aromatic heterocycles. The Hall–Kier alpha value is -0.103. The van der Waals surface area contributed by atoms with Gasteiger partial charge in [-0.2, -0.15) is 0 Å². The lowest BCUT2D eigenvalue weighted by atomic mass is 10.1. The van der Waals surface area contributed by atoms with Crippen LogP contribution < -0.4 is 4.50 Å². The second-order valence-corrected chi connectivity index (χ2v) is 26.8. The molecule has 1 atom stereocenters. The van der Waals surface area contributed by atoms with Crippen LogP contribution in [-0.4, -0.2) is 13.2 Å². The van der Waals surface area contributed by atoms with Gasteiger partial charge < -0.3 is 5.11 Å². The lowest BCUT2D eigenvalue weighted by Crippen LogP contribution is -2.47. The first-order valence-corrected chi connectivity index (χ1v) is 24.9. The summed E-state index contributed by atoms with van der Waals surface area (Å²) < 4.78 is 6.36. The fraction of sp³-hybridized carbons (Fsp3) is 0.500. The predicted octanol–water partition coefficient (Wildman–Crippen LogP) is 14.4. The third-order valence-electron chi connectivity index (χ3n) is 9.27. The zero-order chi connectivity index (χ0) is 32.4. The molecule has 0 aliphatic rings. The van der Waals surface area contributed by atoms with E-state index in [1.807, 2.05) is 34.0 Å². The third-order valence-corrected chi connectivity index (χ3v) is 24.0. The normalized spacial score (nSPS) is 13.4. The van der Waals surface area contributed by atoms with Crippen LogP contribution in [0.5, 0.6) is 0 Å². The minimum atomic E-state index is -1.57. The van der Waals surface area contributed by atoms with Gasteiger partial charge in [0.15, 0.2) is 0 Å². The molecule has 0 spiro atoms. The number of rotatable bonds is 15. The van der Waals surface area contributed by atoms with Crippen molar-refractivity contribution in [1.29, 1.82) is 0 Å². The number of aryl methyl sites for hydroxylation is 1. The summed E-state index contributed by atoms with van der Waals surface area (Å²) in [7, 11) is -1.57. The van der Waals surface area contributed by atoms with Gasteiger partial charge in [-0.15, -0.1) is 56.7 Å². The first kappa shape index (κ1) is 36.2. The van der Waals surface area contributed by atoms with E-state index in [1.54, 1.807) is 27.2 Å². The van der Waals surface area contributed by atoms with Crippen LogP contribution in [0.25, 0.3) is 19.2 Å². The van der Waals surface area contributed by atoms with Gasteiger partial charge in [-0.3, -0.25) is 0 Å². The number of aliphatic hydroxyl groups is 1. The molecule has 0 amide bonds. The fourth-order valence-electron chi connectivity index (χ4n) is 5.42. The number of halogens is 2. The Morgan fingerprint density at radius 3 is 2.11 bits per heavy atom.